The van der Waals surface area contributed by atoms with Gasteiger partial charge in [-0.2, -0.15) is 0 Å². The first-order valence-electron chi connectivity index (χ1n) is 6.24. The minimum Gasteiger partial charge on any atom is -0.444 e. The standard InChI is InChI=1S/C14H17N3O3/c1-19-8-7-12-9-17(13(15)16-12)14(18)20-10-11-5-3-2-4-6-11/h2-6,9H,7-8,10H2,1H3,(H2,15,16). The van der Waals surface area contributed by atoms with Crippen molar-refractivity contribution >= 4 is 12.0 Å². The number of nitrogen functional groups attached to an aromatic ring is 1. The van der Waals surface area contributed by atoms with Crippen LogP contribution >= 0.6 is 0 Å². The fraction of sp³-hybridized carbons (Fsp3) is 0.286. The summed E-state index contributed by atoms with van der Waals surface area (Å²) < 4.78 is 11.3. The number of aromatic nitrogens is 2. The lowest BCUT2D eigenvalue weighted by molar-refractivity contribution is 0.141. The predicted octanol–water partition coefficient (Wildman–Crippen LogP) is 1.84. The number of rotatable bonds is 5. The monoisotopic (exact) mass is 275 g/mol. The van der Waals surface area contributed by atoms with Crippen LogP contribution in [0.5, 0.6) is 0 Å². The van der Waals surface area contributed by atoms with Gasteiger partial charge in [0.2, 0.25) is 5.95 Å². The van der Waals surface area contributed by atoms with Crippen LogP contribution in [0, 0.1) is 0 Å². The summed E-state index contributed by atoms with van der Waals surface area (Å²) in [4.78, 5) is 16.0. The van der Waals surface area contributed by atoms with E-state index in [9.17, 15) is 4.79 Å². The molecule has 0 saturated heterocycles. The van der Waals surface area contributed by atoms with Crippen molar-refractivity contribution in [3.05, 3.63) is 47.8 Å². The molecule has 0 fully saturated rings. The van der Waals surface area contributed by atoms with Crippen LogP contribution in [-0.4, -0.2) is 29.4 Å². The van der Waals surface area contributed by atoms with E-state index in [0.717, 1.165) is 5.56 Å². The molecule has 0 amide bonds. The Morgan fingerprint density at radius 1 is 1.35 bits per heavy atom. The summed E-state index contributed by atoms with van der Waals surface area (Å²) in [6.45, 7) is 0.722. The van der Waals surface area contributed by atoms with Crippen LogP contribution in [0.1, 0.15) is 11.3 Å². The Kier molecular flexibility index (Phi) is 4.73. The molecule has 0 atom stereocenters. The Balaban J connectivity index is 1.96. The van der Waals surface area contributed by atoms with Crippen molar-refractivity contribution in [3.63, 3.8) is 0 Å². The highest BCUT2D eigenvalue weighted by Crippen LogP contribution is 2.09. The smallest absolute Gasteiger partial charge is 0.421 e. The van der Waals surface area contributed by atoms with E-state index in [0.29, 0.717) is 18.7 Å². The van der Waals surface area contributed by atoms with Gasteiger partial charge in [-0.3, -0.25) is 0 Å². The van der Waals surface area contributed by atoms with Crippen molar-refractivity contribution < 1.29 is 14.3 Å². The highest BCUT2D eigenvalue weighted by Gasteiger charge is 2.13. The van der Waals surface area contributed by atoms with Crippen LogP contribution in [-0.2, 0) is 22.5 Å². The molecular weight excluding hydrogens is 258 g/mol. The van der Waals surface area contributed by atoms with Gasteiger partial charge in [0.05, 0.1) is 12.3 Å². The van der Waals surface area contributed by atoms with E-state index >= 15 is 0 Å². The molecule has 0 unspecified atom stereocenters. The topological polar surface area (TPSA) is 79.4 Å². The normalized spacial score (nSPS) is 10.4. The number of nitrogens with two attached hydrogens (primary N) is 1. The molecule has 0 bridgehead atoms. The fourth-order valence-electron chi connectivity index (χ4n) is 1.71. The quantitative estimate of drug-likeness (QED) is 0.900. The number of nitrogens with zero attached hydrogens (tertiary/aromatic N) is 2. The molecule has 0 aliphatic carbocycles. The van der Waals surface area contributed by atoms with Gasteiger partial charge in [-0.15, -0.1) is 0 Å². The van der Waals surface area contributed by atoms with Gasteiger partial charge >= 0.3 is 6.09 Å². The van der Waals surface area contributed by atoms with Crippen molar-refractivity contribution in [1.82, 2.24) is 9.55 Å². The Labute approximate surface area is 117 Å². The van der Waals surface area contributed by atoms with Crippen LogP contribution < -0.4 is 5.73 Å². The molecule has 1 aromatic heterocycles. The van der Waals surface area contributed by atoms with Crippen LogP contribution in [0.2, 0.25) is 0 Å². The maximum absolute atomic E-state index is 11.9. The fourth-order valence-corrected chi connectivity index (χ4v) is 1.71. The van der Waals surface area contributed by atoms with E-state index in [1.165, 1.54) is 4.57 Å². The van der Waals surface area contributed by atoms with Crippen LogP contribution in [0.4, 0.5) is 10.7 Å². The summed E-state index contributed by atoms with van der Waals surface area (Å²) in [5, 5.41) is 0. The zero-order chi connectivity index (χ0) is 14.4. The predicted molar refractivity (Wildman–Crippen MR) is 74.2 cm³/mol. The van der Waals surface area contributed by atoms with E-state index in [1.54, 1.807) is 13.3 Å². The molecule has 2 N–H and O–H groups in total. The van der Waals surface area contributed by atoms with Gasteiger partial charge < -0.3 is 15.2 Å². The molecule has 0 radical (unpaired) electrons. The lowest BCUT2D eigenvalue weighted by atomic mass is 10.2. The third-order valence-corrected chi connectivity index (χ3v) is 2.75. The van der Waals surface area contributed by atoms with Gasteiger partial charge in [-0.1, -0.05) is 30.3 Å². The lowest BCUT2D eigenvalue weighted by Gasteiger charge is -2.05. The van der Waals surface area contributed by atoms with E-state index in [-0.39, 0.29) is 12.6 Å². The van der Waals surface area contributed by atoms with Crippen LogP contribution in [0.15, 0.2) is 36.5 Å². The average Bonchev–Trinajstić information content (AvgIpc) is 2.85. The van der Waals surface area contributed by atoms with E-state index < -0.39 is 6.09 Å². The third kappa shape index (κ3) is 3.58. The molecule has 0 aliphatic rings. The number of benzene rings is 1. The highest BCUT2D eigenvalue weighted by molar-refractivity contribution is 5.73. The summed E-state index contributed by atoms with van der Waals surface area (Å²) in [5.41, 5.74) is 7.30. The number of imidazole rings is 1. The minimum atomic E-state index is -0.539. The number of carbonyl (C=O) groups is 1. The second-order valence-electron chi connectivity index (χ2n) is 4.24. The van der Waals surface area contributed by atoms with Crippen LogP contribution in [0.3, 0.4) is 0 Å². The molecule has 1 heterocycles. The van der Waals surface area contributed by atoms with Crippen molar-refractivity contribution in [3.8, 4) is 0 Å². The molecule has 2 aromatic rings. The van der Waals surface area contributed by atoms with Gasteiger partial charge in [-0.25, -0.2) is 14.3 Å². The summed E-state index contributed by atoms with van der Waals surface area (Å²) in [6.07, 6.45) is 1.63. The lowest BCUT2D eigenvalue weighted by Crippen LogP contribution is -2.15. The molecular formula is C14H17N3O3. The first-order valence-corrected chi connectivity index (χ1v) is 6.24. The number of carbonyl (C=O) groups excluding carboxylic acids is 1. The summed E-state index contributed by atoms with van der Waals surface area (Å²) in [5.74, 6) is 0.120. The number of ether oxygens (including phenoxy) is 2. The molecule has 0 aliphatic heterocycles. The van der Waals surface area contributed by atoms with Crippen molar-refractivity contribution in [1.29, 1.82) is 0 Å². The van der Waals surface area contributed by atoms with Crippen molar-refractivity contribution in [2.24, 2.45) is 0 Å². The first-order chi connectivity index (χ1) is 9.70. The van der Waals surface area contributed by atoms with Gasteiger partial charge in [0, 0.05) is 19.7 Å². The Morgan fingerprint density at radius 3 is 2.80 bits per heavy atom. The zero-order valence-corrected chi connectivity index (χ0v) is 11.3. The van der Waals surface area contributed by atoms with Gasteiger partial charge in [0.15, 0.2) is 0 Å². The molecule has 6 nitrogen and oxygen atoms in total. The van der Waals surface area contributed by atoms with E-state index in [4.69, 9.17) is 15.2 Å². The summed E-state index contributed by atoms with van der Waals surface area (Å²) in [7, 11) is 1.61. The largest absolute Gasteiger partial charge is 0.444 e. The Hall–Kier alpha value is -2.34. The summed E-state index contributed by atoms with van der Waals surface area (Å²) >= 11 is 0. The minimum absolute atomic E-state index is 0.120. The number of methoxy groups -OCH3 is 1. The highest BCUT2D eigenvalue weighted by atomic mass is 16.5. The van der Waals surface area contributed by atoms with E-state index in [1.807, 2.05) is 30.3 Å². The molecule has 6 heteroatoms. The maximum atomic E-state index is 11.9. The molecule has 106 valence electrons. The van der Waals surface area contributed by atoms with Gasteiger partial charge in [0.25, 0.3) is 0 Å². The molecule has 0 saturated carbocycles. The Bertz CT molecular complexity index is 566. The Morgan fingerprint density at radius 2 is 2.10 bits per heavy atom. The first kappa shape index (κ1) is 14.1. The van der Waals surface area contributed by atoms with Crippen molar-refractivity contribution in [2.45, 2.75) is 13.0 Å². The number of anilines is 1. The maximum Gasteiger partial charge on any atom is 0.421 e. The zero-order valence-electron chi connectivity index (χ0n) is 11.3. The third-order valence-electron chi connectivity index (χ3n) is 2.75. The van der Waals surface area contributed by atoms with Crippen molar-refractivity contribution in [2.75, 3.05) is 19.5 Å². The summed E-state index contributed by atoms with van der Waals surface area (Å²) in [6, 6.07) is 9.44. The number of hydrogen-bond donors (Lipinski definition) is 1. The molecule has 2 rings (SSSR count). The molecule has 1 aromatic carbocycles. The molecule has 20 heavy (non-hydrogen) atoms. The van der Waals surface area contributed by atoms with E-state index in [2.05, 4.69) is 4.98 Å². The van der Waals surface area contributed by atoms with Gasteiger partial charge in [0.1, 0.15) is 6.61 Å². The molecule has 0 spiro atoms. The van der Waals surface area contributed by atoms with Crippen LogP contribution in [0.25, 0.3) is 0 Å². The second-order valence-corrected chi connectivity index (χ2v) is 4.24. The second kappa shape index (κ2) is 6.72. The average molecular weight is 275 g/mol. The number of hydrogen-bond acceptors (Lipinski definition) is 5. The van der Waals surface area contributed by atoms with Gasteiger partial charge in [-0.05, 0) is 5.56 Å². The SMILES string of the molecule is COCCc1cn(C(=O)OCc2ccccc2)c(N)n1.